The van der Waals surface area contributed by atoms with Gasteiger partial charge in [-0.15, -0.1) is 0 Å². The fourth-order valence-corrected chi connectivity index (χ4v) is 2.48. The van der Waals surface area contributed by atoms with Crippen LogP contribution in [0.3, 0.4) is 0 Å². The number of nitrogens with two attached hydrogens (primary N) is 1. The van der Waals surface area contributed by atoms with Crippen molar-refractivity contribution in [3.05, 3.63) is 29.8 Å². The number of rotatable bonds is 5. The van der Waals surface area contributed by atoms with Crippen molar-refractivity contribution in [2.75, 3.05) is 4.72 Å². The molecule has 1 aromatic rings. The van der Waals surface area contributed by atoms with Gasteiger partial charge in [0, 0.05) is 17.8 Å². The Bertz CT molecular complexity index is 452. The Morgan fingerprint density at radius 2 is 1.65 bits per heavy atom. The van der Waals surface area contributed by atoms with Gasteiger partial charge in [-0.25, -0.2) is 0 Å². The second kappa shape index (κ2) is 5.48. The van der Waals surface area contributed by atoms with Gasteiger partial charge in [0.1, 0.15) is 0 Å². The second-order valence-electron chi connectivity index (χ2n) is 4.29. The molecule has 0 spiro atoms. The van der Waals surface area contributed by atoms with E-state index in [9.17, 15) is 8.42 Å². The summed E-state index contributed by atoms with van der Waals surface area (Å²) < 4.78 is 28.0. The Labute approximate surface area is 103 Å². The van der Waals surface area contributed by atoms with Gasteiger partial charge in [0.2, 0.25) is 0 Å². The molecule has 6 heteroatoms. The lowest BCUT2D eigenvalue weighted by molar-refractivity contribution is 0.575. The third-order valence-corrected chi connectivity index (χ3v) is 3.37. The minimum atomic E-state index is -3.50. The number of hydrogen-bond acceptors (Lipinski definition) is 3. The van der Waals surface area contributed by atoms with Crippen LogP contribution in [-0.2, 0) is 10.2 Å². The molecule has 1 unspecified atom stereocenters. The van der Waals surface area contributed by atoms with Crippen LogP contribution in [0.4, 0.5) is 5.69 Å². The highest BCUT2D eigenvalue weighted by molar-refractivity contribution is 7.90. The Hall–Kier alpha value is -1.11. The smallest absolute Gasteiger partial charge is 0.299 e. The van der Waals surface area contributed by atoms with E-state index in [2.05, 4.69) is 9.44 Å². The molecule has 0 amide bonds. The van der Waals surface area contributed by atoms with Crippen LogP contribution in [0.1, 0.15) is 32.4 Å². The summed E-state index contributed by atoms with van der Waals surface area (Å²) in [6, 6.07) is 6.79. The van der Waals surface area contributed by atoms with Crippen LogP contribution in [0.25, 0.3) is 0 Å². The number of nitrogens with one attached hydrogen (secondary N) is 2. The van der Waals surface area contributed by atoms with Gasteiger partial charge in [0.05, 0.1) is 0 Å². The van der Waals surface area contributed by atoms with Crippen molar-refractivity contribution in [3.63, 3.8) is 0 Å². The molecular weight excluding hydrogens is 238 g/mol. The highest BCUT2D eigenvalue weighted by Gasteiger charge is 2.11. The van der Waals surface area contributed by atoms with Gasteiger partial charge in [0.25, 0.3) is 10.2 Å². The first kappa shape index (κ1) is 14.0. The highest BCUT2D eigenvalue weighted by atomic mass is 32.2. The van der Waals surface area contributed by atoms with Crippen molar-refractivity contribution < 1.29 is 8.42 Å². The van der Waals surface area contributed by atoms with E-state index in [1.54, 1.807) is 38.1 Å². The first-order chi connectivity index (χ1) is 7.80. The quantitative estimate of drug-likeness (QED) is 0.744. The Morgan fingerprint density at radius 1 is 1.12 bits per heavy atom. The van der Waals surface area contributed by atoms with E-state index in [4.69, 9.17) is 5.73 Å². The van der Waals surface area contributed by atoms with Gasteiger partial charge < -0.3 is 5.73 Å². The standard InChI is InChI=1S/C11H19N3O2S/c1-8(2)13-17(15,16)14-11-6-4-10(5-7-11)9(3)12/h4-9,13-14H,12H2,1-3H3. The predicted octanol–water partition coefficient (Wildman–Crippen LogP) is 1.36. The zero-order valence-electron chi connectivity index (χ0n) is 10.3. The summed E-state index contributed by atoms with van der Waals surface area (Å²) in [6.07, 6.45) is 0. The summed E-state index contributed by atoms with van der Waals surface area (Å²) in [5, 5.41) is 0. The maximum Gasteiger partial charge on any atom is 0.299 e. The molecule has 0 aromatic heterocycles. The molecule has 0 bridgehead atoms. The minimum absolute atomic E-state index is 0.0607. The van der Waals surface area contributed by atoms with Crippen molar-refractivity contribution in [1.29, 1.82) is 0 Å². The van der Waals surface area contributed by atoms with Gasteiger partial charge in [-0.05, 0) is 38.5 Å². The molecule has 1 aromatic carbocycles. The first-order valence-electron chi connectivity index (χ1n) is 5.46. The normalized spacial score (nSPS) is 13.7. The van der Waals surface area contributed by atoms with Crippen molar-refractivity contribution in [1.82, 2.24) is 4.72 Å². The summed E-state index contributed by atoms with van der Waals surface area (Å²) in [4.78, 5) is 0. The fraction of sp³-hybridized carbons (Fsp3) is 0.455. The van der Waals surface area contributed by atoms with E-state index in [1.165, 1.54) is 0 Å². The summed E-state index contributed by atoms with van der Waals surface area (Å²) in [5.74, 6) is 0. The average Bonchev–Trinajstić information content (AvgIpc) is 2.15. The molecule has 17 heavy (non-hydrogen) atoms. The molecule has 0 heterocycles. The lowest BCUT2D eigenvalue weighted by Crippen LogP contribution is -2.35. The molecule has 0 aliphatic rings. The molecule has 0 aliphatic heterocycles. The summed E-state index contributed by atoms with van der Waals surface area (Å²) in [6.45, 7) is 5.40. The molecule has 1 rings (SSSR count). The van der Waals surface area contributed by atoms with Crippen molar-refractivity contribution in [2.24, 2.45) is 5.73 Å². The molecule has 4 N–H and O–H groups in total. The molecule has 96 valence electrons. The Balaban J connectivity index is 2.76. The average molecular weight is 257 g/mol. The van der Waals surface area contributed by atoms with E-state index >= 15 is 0 Å². The monoisotopic (exact) mass is 257 g/mol. The molecule has 0 saturated heterocycles. The van der Waals surface area contributed by atoms with Gasteiger partial charge in [0.15, 0.2) is 0 Å². The summed E-state index contributed by atoms with van der Waals surface area (Å²) >= 11 is 0. The van der Waals surface area contributed by atoms with Gasteiger partial charge in [-0.1, -0.05) is 12.1 Å². The van der Waals surface area contributed by atoms with E-state index in [1.807, 2.05) is 6.92 Å². The molecule has 0 aliphatic carbocycles. The lowest BCUT2D eigenvalue weighted by Gasteiger charge is -2.12. The fourth-order valence-electron chi connectivity index (χ4n) is 1.35. The molecular formula is C11H19N3O2S. The zero-order chi connectivity index (χ0) is 13.1. The van der Waals surface area contributed by atoms with E-state index in [0.29, 0.717) is 5.69 Å². The van der Waals surface area contributed by atoms with Crippen LogP contribution in [0.2, 0.25) is 0 Å². The highest BCUT2D eigenvalue weighted by Crippen LogP contribution is 2.14. The number of anilines is 1. The lowest BCUT2D eigenvalue weighted by atomic mass is 10.1. The van der Waals surface area contributed by atoms with Crippen LogP contribution in [0, 0.1) is 0 Å². The predicted molar refractivity (Wildman–Crippen MR) is 69.9 cm³/mol. The third-order valence-electron chi connectivity index (χ3n) is 2.08. The minimum Gasteiger partial charge on any atom is -0.324 e. The van der Waals surface area contributed by atoms with Crippen LogP contribution < -0.4 is 15.2 Å². The number of hydrogen-bond donors (Lipinski definition) is 3. The summed E-state index contributed by atoms with van der Waals surface area (Å²) in [5.41, 5.74) is 7.18. The van der Waals surface area contributed by atoms with Crippen molar-refractivity contribution >= 4 is 15.9 Å². The largest absolute Gasteiger partial charge is 0.324 e. The van der Waals surface area contributed by atoms with Crippen LogP contribution in [0.5, 0.6) is 0 Å². The third kappa shape index (κ3) is 4.72. The van der Waals surface area contributed by atoms with Crippen LogP contribution >= 0.6 is 0 Å². The zero-order valence-corrected chi connectivity index (χ0v) is 11.1. The summed E-state index contributed by atoms with van der Waals surface area (Å²) in [7, 11) is -3.50. The molecule has 0 radical (unpaired) electrons. The maximum absolute atomic E-state index is 11.6. The van der Waals surface area contributed by atoms with Gasteiger partial charge in [-0.2, -0.15) is 13.1 Å². The molecule has 5 nitrogen and oxygen atoms in total. The maximum atomic E-state index is 11.6. The topological polar surface area (TPSA) is 84.2 Å². The van der Waals surface area contributed by atoms with Crippen LogP contribution in [-0.4, -0.2) is 14.5 Å². The van der Waals surface area contributed by atoms with Crippen molar-refractivity contribution in [2.45, 2.75) is 32.9 Å². The second-order valence-corrected chi connectivity index (χ2v) is 5.74. The Kier molecular flexibility index (Phi) is 4.50. The first-order valence-corrected chi connectivity index (χ1v) is 6.94. The van der Waals surface area contributed by atoms with E-state index in [-0.39, 0.29) is 12.1 Å². The van der Waals surface area contributed by atoms with E-state index < -0.39 is 10.2 Å². The van der Waals surface area contributed by atoms with Crippen molar-refractivity contribution in [3.8, 4) is 0 Å². The molecule has 0 saturated carbocycles. The Morgan fingerprint density at radius 3 is 2.06 bits per heavy atom. The number of benzene rings is 1. The SMILES string of the molecule is CC(C)NS(=O)(=O)Nc1ccc(C(C)N)cc1. The molecule has 1 atom stereocenters. The van der Waals surface area contributed by atoms with Crippen LogP contribution in [0.15, 0.2) is 24.3 Å². The van der Waals surface area contributed by atoms with Gasteiger partial charge in [-0.3, -0.25) is 4.72 Å². The van der Waals surface area contributed by atoms with Gasteiger partial charge >= 0.3 is 0 Å². The van der Waals surface area contributed by atoms with E-state index in [0.717, 1.165) is 5.56 Å². The molecule has 0 fully saturated rings.